The van der Waals surface area contributed by atoms with E-state index in [1.165, 1.54) is 6.07 Å². The van der Waals surface area contributed by atoms with Crippen LogP contribution in [0.3, 0.4) is 0 Å². The van der Waals surface area contributed by atoms with Crippen LogP contribution >= 0.6 is 0 Å². The van der Waals surface area contributed by atoms with Gasteiger partial charge in [0.05, 0.1) is 4.92 Å². The van der Waals surface area contributed by atoms with Gasteiger partial charge in [-0.25, -0.2) is 0 Å². The van der Waals surface area contributed by atoms with Crippen LogP contribution in [0.5, 0.6) is 0 Å². The average molecular weight is 226 g/mol. The maximum absolute atomic E-state index is 13.3. The summed E-state index contributed by atoms with van der Waals surface area (Å²) >= 11 is 0. The summed E-state index contributed by atoms with van der Waals surface area (Å²) in [7, 11) is 1.72. The van der Waals surface area contributed by atoms with Gasteiger partial charge in [-0.3, -0.25) is 10.1 Å². The normalized spacial score (nSPS) is 10.6. The Balaban J connectivity index is 3.12. The molecule has 0 heterocycles. The maximum atomic E-state index is 13.3. The Labute approximate surface area is 93.8 Å². The fourth-order valence-electron chi connectivity index (χ4n) is 1.64. The SMILES string of the molecule is CC(C)CN(C)c1cccc(F)c1[N+](=O)[O-]. The van der Waals surface area contributed by atoms with Gasteiger partial charge < -0.3 is 4.90 Å². The molecule has 88 valence electrons. The van der Waals surface area contributed by atoms with Crippen molar-refractivity contribution in [1.82, 2.24) is 0 Å². The number of rotatable bonds is 4. The van der Waals surface area contributed by atoms with E-state index in [1.54, 1.807) is 18.0 Å². The minimum Gasteiger partial charge on any atom is -0.369 e. The van der Waals surface area contributed by atoms with Gasteiger partial charge in [0.15, 0.2) is 0 Å². The number of hydrogen-bond acceptors (Lipinski definition) is 3. The second-order valence-electron chi connectivity index (χ2n) is 4.14. The lowest BCUT2D eigenvalue weighted by Gasteiger charge is -2.21. The van der Waals surface area contributed by atoms with Crippen LogP contribution in [0.4, 0.5) is 15.8 Å². The van der Waals surface area contributed by atoms with E-state index in [0.29, 0.717) is 18.2 Å². The molecule has 4 nitrogen and oxygen atoms in total. The second-order valence-corrected chi connectivity index (χ2v) is 4.14. The van der Waals surface area contributed by atoms with E-state index < -0.39 is 16.4 Å². The van der Waals surface area contributed by atoms with Crippen LogP contribution in [-0.2, 0) is 0 Å². The van der Waals surface area contributed by atoms with Gasteiger partial charge in [-0.2, -0.15) is 4.39 Å². The standard InChI is InChI=1S/C11H15FN2O2/c1-8(2)7-13(3)10-6-4-5-9(12)11(10)14(15)16/h4-6,8H,7H2,1-3H3. The number of halogens is 1. The van der Waals surface area contributed by atoms with Crippen LogP contribution in [0.15, 0.2) is 18.2 Å². The average Bonchev–Trinajstić information content (AvgIpc) is 2.15. The zero-order chi connectivity index (χ0) is 12.3. The van der Waals surface area contributed by atoms with Gasteiger partial charge in [-0.1, -0.05) is 19.9 Å². The number of nitro groups is 1. The van der Waals surface area contributed by atoms with Gasteiger partial charge in [-0.05, 0) is 18.1 Å². The molecule has 0 aliphatic rings. The predicted molar refractivity (Wildman–Crippen MR) is 61.2 cm³/mol. The highest BCUT2D eigenvalue weighted by molar-refractivity contribution is 5.63. The number of hydrogen-bond donors (Lipinski definition) is 0. The van der Waals surface area contributed by atoms with Gasteiger partial charge in [0.2, 0.25) is 5.82 Å². The molecule has 0 N–H and O–H groups in total. The van der Waals surface area contributed by atoms with Crippen molar-refractivity contribution < 1.29 is 9.31 Å². The Morgan fingerprint density at radius 2 is 2.12 bits per heavy atom. The third-order valence-corrected chi connectivity index (χ3v) is 2.20. The summed E-state index contributed by atoms with van der Waals surface area (Å²) in [5.41, 5.74) is -0.135. The van der Waals surface area contributed by atoms with Crippen LogP contribution in [0, 0.1) is 21.8 Å². The van der Waals surface area contributed by atoms with Crippen molar-refractivity contribution in [3.63, 3.8) is 0 Å². The lowest BCUT2D eigenvalue weighted by molar-refractivity contribution is -0.386. The third kappa shape index (κ3) is 2.68. The molecule has 0 unspecified atom stereocenters. The Bertz CT molecular complexity index is 394. The van der Waals surface area contributed by atoms with Gasteiger partial charge in [0, 0.05) is 13.6 Å². The highest BCUT2D eigenvalue weighted by Gasteiger charge is 2.22. The number of para-hydroxylation sites is 1. The van der Waals surface area contributed by atoms with Crippen molar-refractivity contribution in [3.8, 4) is 0 Å². The van der Waals surface area contributed by atoms with E-state index in [-0.39, 0.29) is 0 Å². The lowest BCUT2D eigenvalue weighted by Crippen LogP contribution is -2.23. The zero-order valence-electron chi connectivity index (χ0n) is 9.61. The van der Waals surface area contributed by atoms with Crippen LogP contribution in [-0.4, -0.2) is 18.5 Å². The molecule has 0 saturated carbocycles. The quantitative estimate of drug-likeness (QED) is 0.585. The first-order valence-corrected chi connectivity index (χ1v) is 5.07. The van der Waals surface area contributed by atoms with E-state index in [4.69, 9.17) is 0 Å². The smallest absolute Gasteiger partial charge is 0.327 e. The number of nitro benzene ring substituents is 1. The first-order chi connectivity index (χ1) is 7.43. The highest BCUT2D eigenvalue weighted by atomic mass is 19.1. The van der Waals surface area contributed by atoms with Crippen LogP contribution in [0.25, 0.3) is 0 Å². The molecule has 0 fully saturated rings. The van der Waals surface area contributed by atoms with Crippen molar-refractivity contribution in [3.05, 3.63) is 34.1 Å². The van der Waals surface area contributed by atoms with Crippen molar-refractivity contribution in [2.45, 2.75) is 13.8 Å². The Morgan fingerprint density at radius 3 is 2.62 bits per heavy atom. The fourth-order valence-corrected chi connectivity index (χ4v) is 1.64. The number of benzene rings is 1. The molecule has 0 bridgehead atoms. The molecule has 0 atom stereocenters. The highest BCUT2D eigenvalue weighted by Crippen LogP contribution is 2.30. The third-order valence-electron chi connectivity index (χ3n) is 2.20. The predicted octanol–water partition coefficient (Wildman–Crippen LogP) is 2.83. The minimum atomic E-state index is -0.793. The van der Waals surface area contributed by atoms with Crippen molar-refractivity contribution in [2.24, 2.45) is 5.92 Å². The number of nitrogens with zero attached hydrogens (tertiary/aromatic N) is 2. The fraction of sp³-hybridized carbons (Fsp3) is 0.455. The lowest BCUT2D eigenvalue weighted by atomic mass is 10.2. The van der Waals surface area contributed by atoms with E-state index in [9.17, 15) is 14.5 Å². The molecule has 1 aromatic carbocycles. The minimum absolute atomic E-state index is 0.318. The molecule has 16 heavy (non-hydrogen) atoms. The summed E-state index contributed by atoms with van der Waals surface area (Å²) in [6.07, 6.45) is 0. The van der Waals surface area contributed by atoms with Crippen LogP contribution in [0.1, 0.15) is 13.8 Å². The summed E-state index contributed by atoms with van der Waals surface area (Å²) < 4.78 is 13.3. The largest absolute Gasteiger partial charge is 0.369 e. The van der Waals surface area contributed by atoms with E-state index >= 15 is 0 Å². The van der Waals surface area contributed by atoms with Crippen molar-refractivity contribution in [1.29, 1.82) is 0 Å². The molecule has 0 amide bonds. The molecule has 0 aliphatic carbocycles. The molecular formula is C11H15FN2O2. The summed E-state index contributed by atoms with van der Waals surface area (Å²) in [5, 5.41) is 10.8. The Morgan fingerprint density at radius 1 is 1.50 bits per heavy atom. The summed E-state index contributed by atoms with van der Waals surface area (Å²) in [6.45, 7) is 4.65. The van der Waals surface area contributed by atoms with E-state index in [2.05, 4.69) is 0 Å². The summed E-state index contributed by atoms with van der Waals surface area (Å²) in [6, 6.07) is 4.14. The molecule has 0 radical (unpaired) electrons. The molecule has 1 rings (SSSR count). The Hall–Kier alpha value is -1.65. The monoisotopic (exact) mass is 226 g/mol. The first-order valence-electron chi connectivity index (χ1n) is 5.07. The van der Waals surface area contributed by atoms with Gasteiger partial charge >= 0.3 is 5.69 Å². The number of anilines is 1. The molecule has 0 spiro atoms. The van der Waals surface area contributed by atoms with E-state index in [0.717, 1.165) is 6.07 Å². The molecule has 0 saturated heterocycles. The second kappa shape index (κ2) is 4.92. The van der Waals surface area contributed by atoms with E-state index in [1.807, 2.05) is 13.8 Å². The Kier molecular flexibility index (Phi) is 3.82. The molecule has 0 aromatic heterocycles. The van der Waals surface area contributed by atoms with Gasteiger partial charge in [-0.15, -0.1) is 0 Å². The van der Waals surface area contributed by atoms with Crippen LogP contribution in [0.2, 0.25) is 0 Å². The summed E-state index contributed by atoms with van der Waals surface area (Å²) in [4.78, 5) is 11.8. The first kappa shape index (κ1) is 12.4. The molecule has 5 heteroatoms. The maximum Gasteiger partial charge on any atom is 0.327 e. The molecular weight excluding hydrogens is 211 g/mol. The van der Waals surface area contributed by atoms with Crippen LogP contribution < -0.4 is 4.90 Å². The van der Waals surface area contributed by atoms with Crippen molar-refractivity contribution >= 4 is 11.4 Å². The summed E-state index contributed by atoms with van der Waals surface area (Å²) in [5.74, 6) is -0.439. The van der Waals surface area contributed by atoms with Gasteiger partial charge in [0.25, 0.3) is 0 Å². The zero-order valence-corrected chi connectivity index (χ0v) is 9.61. The molecule has 0 aliphatic heterocycles. The molecule has 1 aromatic rings. The topological polar surface area (TPSA) is 46.4 Å². The van der Waals surface area contributed by atoms with Gasteiger partial charge in [0.1, 0.15) is 5.69 Å². The van der Waals surface area contributed by atoms with Crippen molar-refractivity contribution in [2.75, 3.05) is 18.5 Å².